The van der Waals surface area contributed by atoms with E-state index < -0.39 is 18.4 Å². The number of aliphatic hydroxyl groups excluding tert-OH is 1. The van der Waals surface area contributed by atoms with Crippen molar-refractivity contribution in [1.29, 1.82) is 0 Å². The predicted molar refractivity (Wildman–Crippen MR) is 68.9 cm³/mol. The molecule has 1 saturated heterocycles. The molecule has 3 heterocycles. The Morgan fingerprint density at radius 3 is 3.15 bits per heavy atom. The average Bonchev–Trinajstić information content (AvgIpc) is 3.03. The quantitative estimate of drug-likeness (QED) is 0.397. The smallest absolute Gasteiger partial charge is 0.166 e. The Balaban J connectivity index is 1.96. The number of nitrogens with zero attached hydrogens (tertiary/aromatic N) is 7. The van der Waals surface area contributed by atoms with Gasteiger partial charge in [0.2, 0.25) is 0 Å². The molecule has 0 saturated carbocycles. The zero-order valence-corrected chi connectivity index (χ0v) is 10.9. The minimum Gasteiger partial charge on any atom is -0.394 e. The van der Waals surface area contributed by atoms with Crippen molar-refractivity contribution in [3.05, 3.63) is 28.3 Å². The van der Waals surface area contributed by atoms with E-state index in [2.05, 4.69) is 25.0 Å². The van der Waals surface area contributed by atoms with Crippen LogP contribution in [0.1, 0.15) is 12.6 Å². The molecule has 0 bridgehead atoms. The van der Waals surface area contributed by atoms with Gasteiger partial charge >= 0.3 is 0 Å². The normalized spacial score (nSPS) is 25.8. The van der Waals surface area contributed by atoms with Crippen LogP contribution in [-0.4, -0.2) is 43.4 Å². The summed E-state index contributed by atoms with van der Waals surface area (Å²) in [6.45, 7) is -0.220. The molecule has 3 atom stereocenters. The lowest BCUT2D eigenvalue weighted by Gasteiger charge is -2.13. The second-order valence-electron chi connectivity index (χ2n) is 4.31. The SMILES string of the molecule is [N-]=[N+]=NC1C[C@H](n2cnc3c(Cl)ncnc32)O[C@@H]1CO. The van der Waals surface area contributed by atoms with Gasteiger partial charge in [0, 0.05) is 11.3 Å². The van der Waals surface area contributed by atoms with Crippen molar-refractivity contribution >= 4 is 22.8 Å². The lowest BCUT2D eigenvalue weighted by molar-refractivity contribution is -0.0233. The Bertz CT molecular complexity index is 683. The lowest BCUT2D eigenvalue weighted by atomic mass is 10.1. The van der Waals surface area contributed by atoms with E-state index in [9.17, 15) is 5.11 Å². The zero-order chi connectivity index (χ0) is 14.1. The summed E-state index contributed by atoms with van der Waals surface area (Å²) in [7, 11) is 0. The summed E-state index contributed by atoms with van der Waals surface area (Å²) in [5, 5.41) is 13.2. The van der Waals surface area contributed by atoms with Crippen LogP contribution in [0.2, 0.25) is 5.15 Å². The molecule has 0 amide bonds. The maximum Gasteiger partial charge on any atom is 0.166 e. The predicted octanol–water partition coefficient (Wildman–Crippen LogP) is 1.44. The Hall–Kier alpha value is -1.93. The van der Waals surface area contributed by atoms with Crippen molar-refractivity contribution in [2.24, 2.45) is 5.11 Å². The van der Waals surface area contributed by atoms with Crippen LogP contribution in [0.25, 0.3) is 21.6 Å². The Morgan fingerprint density at radius 2 is 2.40 bits per heavy atom. The molecule has 20 heavy (non-hydrogen) atoms. The fourth-order valence-corrected chi connectivity index (χ4v) is 2.45. The van der Waals surface area contributed by atoms with Gasteiger partial charge in [-0.2, -0.15) is 0 Å². The van der Waals surface area contributed by atoms with Crippen LogP contribution >= 0.6 is 11.6 Å². The third-order valence-corrected chi connectivity index (χ3v) is 3.49. The summed E-state index contributed by atoms with van der Waals surface area (Å²) in [6, 6.07) is -0.426. The molecular weight excluding hydrogens is 286 g/mol. The van der Waals surface area contributed by atoms with Gasteiger partial charge in [0.05, 0.1) is 25.1 Å². The number of aliphatic hydroxyl groups is 1. The van der Waals surface area contributed by atoms with Crippen LogP contribution < -0.4 is 0 Å². The van der Waals surface area contributed by atoms with Crippen molar-refractivity contribution in [3.63, 3.8) is 0 Å². The molecule has 9 nitrogen and oxygen atoms in total. The monoisotopic (exact) mass is 295 g/mol. The van der Waals surface area contributed by atoms with E-state index in [4.69, 9.17) is 21.9 Å². The molecule has 1 unspecified atom stereocenters. The maximum atomic E-state index is 9.26. The van der Waals surface area contributed by atoms with Gasteiger partial charge in [0.1, 0.15) is 18.1 Å². The van der Waals surface area contributed by atoms with Gasteiger partial charge in [-0.05, 0) is 5.53 Å². The van der Waals surface area contributed by atoms with Gasteiger partial charge in [-0.1, -0.05) is 16.7 Å². The lowest BCUT2D eigenvalue weighted by Crippen LogP contribution is -2.22. The fourth-order valence-electron chi connectivity index (χ4n) is 2.27. The van der Waals surface area contributed by atoms with Crippen LogP contribution in [0.3, 0.4) is 0 Å². The summed E-state index contributed by atoms with van der Waals surface area (Å²) < 4.78 is 7.37. The van der Waals surface area contributed by atoms with Gasteiger partial charge in [-0.25, -0.2) is 15.0 Å². The first-order valence-corrected chi connectivity index (χ1v) is 6.26. The number of azide groups is 1. The molecule has 2 aromatic rings. The van der Waals surface area contributed by atoms with E-state index >= 15 is 0 Å². The number of imidazole rings is 1. The topological polar surface area (TPSA) is 122 Å². The Labute approximate surface area is 117 Å². The first-order chi connectivity index (χ1) is 9.74. The molecule has 1 fully saturated rings. The van der Waals surface area contributed by atoms with Crippen molar-refractivity contribution in [2.75, 3.05) is 6.61 Å². The van der Waals surface area contributed by atoms with Gasteiger partial charge in [0.25, 0.3) is 0 Å². The molecule has 0 radical (unpaired) electrons. The molecule has 1 N–H and O–H groups in total. The third-order valence-electron chi connectivity index (χ3n) is 3.21. The highest BCUT2D eigenvalue weighted by Gasteiger charge is 2.36. The van der Waals surface area contributed by atoms with E-state index in [-0.39, 0.29) is 11.8 Å². The fraction of sp³-hybridized carbons (Fsp3) is 0.500. The first kappa shape index (κ1) is 13.1. The van der Waals surface area contributed by atoms with Crippen molar-refractivity contribution < 1.29 is 9.84 Å². The van der Waals surface area contributed by atoms with Crippen LogP contribution in [0.15, 0.2) is 17.8 Å². The summed E-state index contributed by atoms with van der Waals surface area (Å²) in [6.07, 6.45) is 2.36. The van der Waals surface area contributed by atoms with Crippen LogP contribution in [-0.2, 0) is 4.74 Å². The van der Waals surface area contributed by atoms with Crippen molar-refractivity contribution in [1.82, 2.24) is 19.5 Å². The standard InChI is InChI=1S/C10H10ClN7O2/c11-9-8-10(14-3-13-9)18(4-15-8)7-1-5(16-17-12)6(2-19)20-7/h3-7,19H,1-2H2/t5?,6-,7-/m1/s1. The highest BCUT2D eigenvalue weighted by atomic mass is 35.5. The highest BCUT2D eigenvalue weighted by molar-refractivity contribution is 6.33. The molecule has 0 aromatic carbocycles. The van der Waals surface area contributed by atoms with Crippen LogP contribution in [0.5, 0.6) is 0 Å². The minimum absolute atomic E-state index is 0.220. The molecule has 0 aliphatic carbocycles. The van der Waals surface area contributed by atoms with Crippen molar-refractivity contribution in [2.45, 2.75) is 24.8 Å². The number of rotatable bonds is 3. The largest absolute Gasteiger partial charge is 0.394 e. The summed E-state index contributed by atoms with van der Waals surface area (Å²) in [4.78, 5) is 14.9. The number of aromatic nitrogens is 4. The van der Waals surface area contributed by atoms with Gasteiger partial charge < -0.3 is 9.84 Å². The van der Waals surface area contributed by atoms with E-state index in [1.54, 1.807) is 10.9 Å². The first-order valence-electron chi connectivity index (χ1n) is 5.88. The summed E-state index contributed by atoms with van der Waals surface area (Å²) in [5.74, 6) is 0. The third kappa shape index (κ3) is 2.06. The van der Waals surface area contributed by atoms with Gasteiger partial charge in [-0.3, -0.25) is 4.57 Å². The number of hydrogen-bond acceptors (Lipinski definition) is 6. The molecule has 2 aromatic heterocycles. The second-order valence-corrected chi connectivity index (χ2v) is 4.67. The Morgan fingerprint density at radius 1 is 1.55 bits per heavy atom. The number of ether oxygens (including phenoxy) is 1. The second kappa shape index (κ2) is 5.22. The van der Waals surface area contributed by atoms with E-state index in [1.165, 1.54) is 6.33 Å². The Kier molecular flexibility index (Phi) is 3.41. The van der Waals surface area contributed by atoms with E-state index in [0.29, 0.717) is 17.6 Å². The molecule has 10 heteroatoms. The van der Waals surface area contributed by atoms with Gasteiger partial charge in [-0.15, -0.1) is 0 Å². The molecule has 1 aliphatic rings. The number of fused-ring (bicyclic) bond motifs is 1. The zero-order valence-electron chi connectivity index (χ0n) is 10.2. The summed E-state index contributed by atoms with van der Waals surface area (Å²) >= 11 is 5.94. The molecule has 3 rings (SSSR count). The average molecular weight is 296 g/mol. The van der Waals surface area contributed by atoms with Crippen LogP contribution in [0.4, 0.5) is 0 Å². The van der Waals surface area contributed by atoms with E-state index in [1.807, 2.05) is 0 Å². The van der Waals surface area contributed by atoms with Crippen molar-refractivity contribution in [3.8, 4) is 0 Å². The maximum absolute atomic E-state index is 9.26. The highest BCUT2D eigenvalue weighted by Crippen LogP contribution is 2.33. The molecule has 0 spiro atoms. The van der Waals surface area contributed by atoms with Gasteiger partial charge in [0.15, 0.2) is 10.8 Å². The number of halogens is 1. The molecule has 1 aliphatic heterocycles. The molecule has 104 valence electrons. The molecular formula is C10H10ClN7O2. The van der Waals surface area contributed by atoms with E-state index in [0.717, 1.165) is 0 Å². The van der Waals surface area contributed by atoms with Crippen LogP contribution in [0, 0.1) is 0 Å². The number of hydrogen-bond donors (Lipinski definition) is 1. The minimum atomic E-state index is -0.536. The summed E-state index contributed by atoms with van der Waals surface area (Å²) in [5.41, 5.74) is 9.54.